The molecule has 0 aliphatic carbocycles. The van der Waals surface area contributed by atoms with Crippen LogP contribution in [0.4, 0.5) is 11.4 Å². The van der Waals surface area contributed by atoms with Crippen molar-refractivity contribution in [1.82, 2.24) is 0 Å². The lowest BCUT2D eigenvalue weighted by atomic mass is 10.1. The maximum Gasteiger partial charge on any atom is 0.232 e. The first-order chi connectivity index (χ1) is 9.85. The zero-order valence-corrected chi connectivity index (χ0v) is 13.0. The Hall–Kier alpha value is -2.01. The van der Waals surface area contributed by atoms with Crippen LogP contribution in [-0.4, -0.2) is 14.2 Å². The molecule has 0 spiro atoms. The topological polar surface area (TPSA) is 72.2 Å². The van der Waals surface area contributed by atoms with Gasteiger partial charge < -0.3 is 5.73 Å². The van der Waals surface area contributed by atoms with Gasteiger partial charge in [0.15, 0.2) is 0 Å². The van der Waals surface area contributed by atoms with Crippen molar-refractivity contribution in [2.75, 3.05) is 16.2 Å². The van der Waals surface area contributed by atoms with E-state index in [1.54, 1.807) is 12.1 Å². The first-order valence-electron chi connectivity index (χ1n) is 6.82. The molecule has 2 rings (SSSR count). The van der Waals surface area contributed by atoms with Crippen molar-refractivity contribution in [2.45, 2.75) is 13.8 Å². The second-order valence-corrected chi connectivity index (χ2v) is 7.24. The molecule has 0 unspecified atom stereocenters. The minimum Gasteiger partial charge on any atom is -0.399 e. The first-order valence-corrected chi connectivity index (χ1v) is 8.47. The number of sulfonamides is 1. The van der Waals surface area contributed by atoms with E-state index in [0.717, 1.165) is 16.8 Å². The average molecular weight is 304 g/mol. The third-order valence-electron chi connectivity index (χ3n) is 2.96. The van der Waals surface area contributed by atoms with Crippen LogP contribution in [-0.2, 0) is 10.0 Å². The molecular formula is C16H20N2O2S. The van der Waals surface area contributed by atoms with Crippen molar-refractivity contribution in [1.29, 1.82) is 0 Å². The largest absolute Gasteiger partial charge is 0.399 e. The van der Waals surface area contributed by atoms with Crippen molar-refractivity contribution in [3.05, 3.63) is 48.5 Å². The summed E-state index contributed by atoms with van der Waals surface area (Å²) < 4.78 is 26.3. The molecule has 0 amide bonds. The van der Waals surface area contributed by atoms with Gasteiger partial charge in [0.25, 0.3) is 0 Å². The van der Waals surface area contributed by atoms with Gasteiger partial charge in [-0.2, -0.15) is 0 Å². The van der Waals surface area contributed by atoms with Gasteiger partial charge in [0.2, 0.25) is 10.0 Å². The molecule has 2 aromatic carbocycles. The summed E-state index contributed by atoms with van der Waals surface area (Å²) in [6.45, 7) is 3.76. The molecule has 0 heterocycles. The lowest BCUT2D eigenvalue weighted by Crippen LogP contribution is -2.19. The minimum atomic E-state index is -3.28. The van der Waals surface area contributed by atoms with E-state index in [9.17, 15) is 8.42 Å². The number of nitrogen functional groups attached to an aromatic ring is 1. The predicted octanol–water partition coefficient (Wildman–Crippen LogP) is 3.33. The molecule has 0 radical (unpaired) electrons. The Balaban J connectivity index is 2.14. The summed E-state index contributed by atoms with van der Waals surface area (Å²) in [6.07, 6.45) is 0. The van der Waals surface area contributed by atoms with E-state index in [0.29, 0.717) is 5.69 Å². The molecule has 0 bridgehead atoms. The Labute approximate surface area is 126 Å². The second-order valence-electron chi connectivity index (χ2n) is 5.48. The quantitative estimate of drug-likeness (QED) is 0.832. The second kappa shape index (κ2) is 6.18. The molecule has 3 N–H and O–H groups in total. The molecule has 4 nitrogen and oxygen atoms in total. The highest BCUT2D eigenvalue weighted by molar-refractivity contribution is 7.92. The summed E-state index contributed by atoms with van der Waals surface area (Å²) >= 11 is 0. The van der Waals surface area contributed by atoms with Crippen molar-refractivity contribution in [3.63, 3.8) is 0 Å². The van der Waals surface area contributed by atoms with E-state index in [1.165, 1.54) is 0 Å². The maximum absolute atomic E-state index is 11.9. The molecular weight excluding hydrogens is 284 g/mol. The van der Waals surface area contributed by atoms with Gasteiger partial charge in [-0.1, -0.05) is 38.1 Å². The van der Waals surface area contributed by atoms with Gasteiger partial charge in [0.1, 0.15) is 0 Å². The average Bonchev–Trinajstić information content (AvgIpc) is 2.38. The van der Waals surface area contributed by atoms with E-state index in [1.807, 2.05) is 50.2 Å². The van der Waals surface area contributed by atoms with Gasteiger partial charge in [-0.15, -0.1) is 0 Å². The number of nitrogens with two attached hydrogens (primary N) is 1. The van der Waals surface area contributed by atoms with Crippen LogP contribution < -0.4 is 10.5 Å². The van der Waals surface area contributed by atoms with Crippen molar-refractivity contribution in [2.24, 2.45) is 5.92 Å². The molecule has 0 saturated heterocycles. The van der Waals surface area contributed by atoms with Crippen LogP contribution in [0.1, 0.15) is 13.8 Å². The zero-order valence-electron chi connectivity index (χ0n) is 12.2. The molecule has 21 heavy (non-hydrogen) atoms. The van der Waals surface area contributed by atoms with Gasteiger partial charge in [0, 0.05) is 11.4 Å². The van der Waals surface area contributed by atoms with Crippen LogP contribution >= 0.6 is 0 Å². The number of hydrogen-bond donors (Lipinski definition) is 2. The highest BCUT2D eigenvalue weighted by Crippen LogP contribution is 2.23. The number of rotatable bonds is 5. The zero-order chi connectivity index (χ0) is 15.5. The molecule has 0 atom stereocenters. The number of anilines is 2. The lowest BCUT2D eigenvalue weighted by molar-refractivity contribution is 0.587. The SMILES string of the molecule is CC(C)CS(=O)(=O)Nc1ccc(-c2ccc(N)cc2)cc1. The molecule has 0 fully saturated rings. The van der Waals surface area contributed by atoms with Gasteiger partial charge in [-0.3, -0.25) is 4.72 Å². The van der Waals surface area contributed by atoms with Crippen LogP contribution in [0.2, 0.25) is 0 Å². The van der Waals surface area contributed by atoms with Gasteiger partial charge >= 0.3 is 0 Å². The van der Waals surface area contributed by atoms with E-state index in [4.69, 9.17) is 5.73 Å². The predicted molar refractivity (Wildman–Crippen MR) is 88.5 cm³/mol. The Kier molecular flexibility index (Phi) is 4.53. The molecule has 0 saturated carbocycles. The Bertz CT molecular complexity index is 690. The standard InChI is InChI=1S/C16H20N2O2S/c1-12(2)11-21(19,20)18-16-9-5-14(6-10-16)13-3-7-15(17)8-4-13/h3-10,12,18H,11,17H2,1-2H3. The number of nitrogens with one attached hydrogen (secondary N) is 1. The summed E-state index contributed by atoms with van der Waals surface area (Å²) in [4.78, 5) is 0. The monoisotopic (exact) mass is 304 g/mol. The fourth-order valence-electron chi connectivity index (χ4n) is 2.07. The molecule has 5 heteroatoms. The number of hydrogen-bond acceptors (Lipinski definition) is 3. The van der Waals surface area contributed by atoms with Crippen molar-refractivity contribution >= 4 is 21.4 Å². The fourth-order valence-corrected chi connectivity index (χ4v) is 3.52. The smallest absolute Gasteiger partial charge is 0.232 e. The van der Waals surface area contributed by atoms with Gasteiger partial charge in [-0.05, 0) is 41.3 Å². The molecule has 0 aliphatic heterocycles. The normalized spacial score (nSPS) is 11.6. The summed E-state index contributed by atoms with van der Waals surface area (Å²) in [7, 11) is -3.28. The third-order valence-corrected chi connectivity index (χ3v) is 4.61. The highest BCUT2D eigenvalue weighted by atomic mass is 32.2. The highest BCUT2D eigenvalue weighted by Gasteiger charge is 2.12. The van der Waals surface area contributed by atoms with E-state index >= 15 is 0 Å². The van der Waals surface area contributed by atoms with E-state index in [2.05, 4.69) is 4.72 Å². The summed E-state index contributed by atoms with van der Waals surface area (Å²) in [6, 6.07) is 14.9. The molecule has 2 aromatic rings. The maximum atomic E-state index is 11.9. The molecule has 0 aromatic heterocycles. The van der Waals surface area contributed by atoms with Crippen LogP contribution in [0, 0.1) is 5.92 Å². The van der Waals surface area contributed by atoms with Crippen LogP contribution in [0.3, 0.4) is 0 Å². The van der Waals surface area contributed by atoms with Gasteiger partial charge in [-0.25, -0.2) is 8.42 Å². The lowest BCUT2D eigenvalue weighted by Gasteiger charge is -2.10. The summed E-state index contributed by atoms with van der Waals surface area (Å²) in [5.74, 6) is 0.212. The summed E-state index contributed by atoms with van der Waals surface area (Å²) in [5.41, 5.74) is 9.02. The van der Waals surface area contributed by atoms with Gasteiger partial charge in [0.05, 0.1) is 5.75 Å². The molecule has 112 valence electrons. The molecule has 0 aliphatic rings. The van der Waals surface area contributed by atoms with Crippen LogP contribution in [0.15, 0.2) is 48.5 Å². The van der Waals surface area contributed by atoms with E-state index < -0.39 is 10.0 Å². The van der Waals surface area contributed by atoms with Crippen LogP contribution in [0.5, 0.6) is 0 Å². The number of benzene rings is 2. The summed E-state index contributed by atoms with van der Waals surface area (Å²) in [5, 5.41) is 0. The third kappa shape index (κ3) is 4.49. The fraction of sp³-hybridized carbons (Fsp3) is 0.250. The minimum absolute atomic E-state index is 0.0940. The van der Waals surface area contributed by atoms with Crippen LogP contribution in [0.25, 0.3) is 11.1 Å². The Morgan fingerprint density at radius 2 is 1.43 bits per heavy atom. The Morgan fingerprint density at radius 3 is 1.90 bits per heavy atom. The van der Waals surface area contributed by atoms with Crippen molar-refractivity contribution in [3.8, 4) is 11.1 Å². The first kappa shape index (κ1) is 15.4. The van der Waals surface area contributed by atoms with Crippen molar-refractivity contribution < 1.29 is 8.42 Å². The van der Waals surface area contributed by atoms with E-state index in [-0.39, 0.29) is 11.7 Å². The Morgan fingerprint density at radius 1 is 0.952 bits per heavy atom.